The van der Waals surface area contributed by atoms with Crippen molar-refractivity contribution in [1.29, 1.82) is 0 Å². The van der Waals surface area contributed by atoms with Gasteiger partial charge in [0, 0.05) is 17.1 Å². The lowest BCUT2D eigenvalue weighted by Gasteiger charge is -2.20. The van der Waals surface area contributed by atoms with E-state index in [-0.39, 0.29) is 16.2 Å². The summed E-state index contributed by atoms with van der Waals surface area (Å²) in [5.74, 6) is -2.92. The van der Waals surface area contributed by atoms with Crippen molar-refractivity contribution in [3.8, 4) is 5.75 Å². The van der Waals surface area contributed by atoms with Gasteiger partial charge in [-0.15, -0.1) is 0 Å². The first-order valence-electron chi connectivity index (χ1n) is 9.94. The number of methoxy groups -OCH3 is 1. The molecule has 3 aromatic rings. The molecule has 0 bridgehead atoms. The van der Waals surface area contributed by atoms with Crippen molar-refractivity contribution in [2.75, 3.05) is 23.3 Å². The van der Waals surface area contributed by atoms with Crippen LogP contribution in [0.15, 0.2) is 76.5 Å². The van der Waals surface area contributed by atoms with Gasteiger partial charge in [0.15, 0.2) is 0 Å². The SMILES string of the molecule is COc1ccc(S(=O)(=O)N2CCc3ccccc32)cc1C(=O)Nc1ccc(SC(F)F)cc1. The van der Waals surface area contributed by atoms with Crippen LogP contribution >= 0.6 is 11.8 Å². The lowest BCUT2D eigenvalue weighted by Crippen LogP contribution is -2.29. The monoisotopic (exact) mass is 490 g/mol. The number of sulfonamides is 1. The molecule has 0 unspecified atom stereocenters. The second kappa shape index (κ2) is 9.40. The van der Waals surface area contributed by atoms with Crippen LogP contribution in [0.1, 0.15) is 15.9 Å². The highest BCUT2D eigenvalue weighted by atomic mass is 32.2. The number of alkyl halides is 2. The van der Waals surface area contributed by atoms with Crippen molar-refractivity contribution < 1.29 is 26.7 Å². The van der Waals surface area contributed by atoms with E-state index >= 15 is 0 Å². The van der Waals surface area contributed by atoms with E-state index in [1.807, 2.05) is 12.1 Å². The lowest BCUT2D eigenvalue weighted by molar-refractivity contribution is 0.102. The van der Waals surface area contributed by atoms with Crippen LogP contribution in [-0.2, 0) is 16.4 Å². The van der Waals surface area contributed by atoms with Gasteiger partial charge >= 0.3 is 0 Å². The van der Waals surface area contributed by atoms with Crippen molar-refractivity contribution in [2.24, 2.45) is 0 Å². The smallest absolute Gasteiger partial charge is 0.288 e. The Balaban J connectivity index is 1.61. The Morgan fingerprint density at radius 2 is 1.82 bits per heavy atom. The van der Waals surface area contributed by atoms with E-state index in [0.29, 0.717) is 41.0 Å². The fourth-order valence-corrected chi connectivity index (χ4v) is 5.66. The highest BCUT2D eigenvalue weighted by Crippen LogP contribution is 2.34. The Morgan fingerprint density at radius 3 is 2.52 bits per heavy atom. The molecule has 0 saturated carbocycles. The lowest BCUT2D eigenvalue weighted by atomic mass is 10.2. The molecule has 0 spiro atoms. The maximum atomic E-state index is 13.3. The molecule has 172 valence electrons. The predicted octanol–water partition coefficient (Wildman–Crippen LogP) is 5.01. The first-order chi connectivity index (χ1) is 15.8. The molecule has 1 amide bonds. The number of nitrogens with zero attached hydrogens (tertiary/aromatic N) is 1. The van der Waals surface area contributed by atoms with Crippen molar-refractivity contribution in [2.45, 2.75) is 22.0 Å². The Kier molecular flexibility index (Phi) is 6.57. The van der Waals surface area contributed by atoms with Crippen LogP contribution in [0.3, 0.4) is 0 Å². The molecule has 0 aromatic heterocycles. The number of halogens is 2. The molecule has 1 heterocycles. The van der Waals surface area contributed by atoms with Gasteiger partial charge in [-0.3, -0.25) is 9.10 Å². The molecule has 0 radical (unpaired) electrons. The third-order valence-corrected chi connectivity index (χ3v) is 7.72. The number of ether oxygens (including phenoxy) is 1. The van der Waals surface area contributed by atoms with Crippen molar-refractivity contribution in [3.05, 3.63) is 77.9 Å². The number of para-hydroxylation sites is 1. The molecule has 1 N–H and O–H groups in total. The van der Waals surface area contributed by atoms with Crippen LogP contribution in [0.4, 0.5) is 20.2 Å². The van der Waals surface area contributed by atoms with Gasteiger partial charge < -0.3 is 10.1 Å². The number of benzene rings is 3. The number of carbonyl (C=O) groups is 1. The molecule has 0 saturated heterocycles. The van der Waals surface area contributed by atoms with Crippen LogP contribution in [0, 0.1) is 0 Å². The standard InChI is InChI=1S/C23H20F2N2O4S2/c1-31-21-11-10-18(33(29,30)27-13-12-15-4-2-3-5-20(15)27)14-19(21)22(28)26-16-6-8-17(9-7-16)32-23(24)25/h2-11,14,23H,12-13H2,1H3,(H,26,28). The van der Waals surface area contributed by atoms with E-state index in [0.717, 1.165) is 5.56 Å². The molecule has 4 rings (SSSR count). The summed E-state index contributed by atoms with van der Waals surface area (Å²) in [7, 11) is -2.52. The van der Waals surface area contributed by atoms with E-state index in [1.165, 1.54) is 53.9 Å². The summed E-state index contributed by atoms with van der Waals surface area (Å²) in [5.41, 5.74) is 1.99. The molecule has 1 aliphatic heterocycles. The highest BCUT2D eigenvalue weighted by Gasteiger charge is 2.31. The van der Waals surface area contributed by atoms with Crippen molar-refractivity contribution in [1.82, 2.24) is 0 Å². The fourth-order valence-electron chi connectivity index (χ4n) is 3.63. The number of carbonyl (C=O) groups excluding carboxylic acids is 1. The Morgan fingerprint density at radius 1 is 1.09 bits per heavy atom. The summed E-state index contributed by atoms with van der Waals surface area (Å²) >= 11 is 0.403. The van der Waals surface area contributed by atoms with Gasteiger partial charge in [0.1, 0.15) is 5.75 Å². The summed E-state index contributed by atoms with van der Waals surface area (Å²) in [6.45, 7) is 0.318. The first kappa shape index (κ1) is 23.1. The van der Waals surface area contributed by atoms with Crippen LogP contribution in [0.5, 0.6) is 5.75 Å². The van der Waals surface area contributed by atoms with Crippen LogP contribution in [0.25, 0.3) is 0 Å². The number of rotatable bonds is 7. The summed E-state index contributed by atoms with van der Waals surface area (Å²) in [4.78, 5) is 13.3. The minimum atomic E-state index is -3.90. The second-order valence-corrected chi connectivity index (χ2v) is 10.1. The molecule has 6 nitrogen and oxygen atoms in total. The number of anilines is 2. The number of nitrogens with one attached hydrogen (secondary N) is 1. The summed E-state index contributed by atoms with van der Waals surface area (Å²) < 4.78 is 58.3. The molecule has 3 aromatic carbocycles. The number of hydrogen-bond donors (Lipinski definition) is 1. The van der Waals surface area contributed by atoms with Crippen LogP contribution < -0.4 is 14.4 Å². The summed E-state index contributed by atoms with van der Waals surface area (Å²) in [6.07, 6.45) is 0.610. The van der Waals surface area contributed by atoms with Crippen LogP contribution in [-0.4, -0.2) is 33.7 Å². The number of thioether (sulfide) groups is 1. The van der Waals surface area contributed by atoms with Gasteiger partial charge in [-0.2, -0.15) is 8.78 Å². The third-order valence-electron chi connectivity index (χ3n) is 5.19. The largest absolute Gasteiger partial charge is 0.496 e. The summed E-state index contributed by atoms with van der Waals surface area (Å²) in [5, 5.41) is 2.65. The normalized spacial score (nSPS) is 13.2. The summed E-state index contributed by atoms with van der Waals surface area (Å²) in [6, 6.07) is 17.3. The predicted molar refractivity (Wildman–Crippen MR) is 124 cm³/mol. The molecule has 0 fully saturated rings. The minimum absolute atomic E-state index is 0.0335. The Labute approximate surface area is 194 Å². The maximum Gasteiger partial charge on any atom is 0.288 e. The molecular formula is C23H20F2N2O4S2. The molecule has 1 aliphatic rings. The fraction of sp³-hybridized carbons (Fsp3) is 0.174. The van der Waals surface area contributed by atoms with E-state index in [9.17, 15) is 22.0 Å². The molecule has 0 aliphatic carbocycles. The average molecular weight is 491 g/mol. The van der Waals surface area contributed by atoms with Gasteiger partial charge in [0.2, 0.25) is 0 Å². The van der Waals surface area contributed by atoms with E-state index in [2.05, 4.69) is 5.32 Å². The highest BCUT2D eigenvalue weighted by molar-refractivity contribution is 7.99. The topological polar surface area (TPSA) is 75.7 Å². The van der Waals surface area contributed by atoms with Gasteiger partial charge in [0.05, 0.1) is 23.3 Å². The van der Waals surface area contributed by atoms with Gasteiger partial charge in [-0.1, -0.05) is 30.0 Å². The zero-order chi connectivity index (χ0) is 23.6. The Bertz CT molecular complexity index is 1280. The molecule has 10 heteroatoms. The van der Waals surface area contributed by atoms with Gasteiger partial charge in [-0.05, 0) is 60.5 Å². The molecular weight excluding hydrogens is 470 g/mol. The van der Waals surface area contributed by atoms with Crippen molar-refractivity contribution in [3.63, 3.8) is 0 Å². The maximum absolute atomic E-state index is 13.3. The second-order valence-electron chi connectivity index (χ2n) is 7.17. The minimum Gasteiger partial charge on any atom is -0.496 e. The number of fused-ring (bicyclic) bond motifs is 1. The zero-order valence-corrected chi connectivity index (χ0v) is 19.1. The molecule has 33 heavy (non-hydrogen) atoms. The van der Waals surface area contributed by atoms with E-state index in [4.69, 9.17) is 4.74 Å². The van der Waals surface area contributed by atoms with E-state index in [1.54, 1.807) is 12.1 Å². The van der Waals surface area contributed by atoms with Crippen LogP contribution in [0.2, 0.25) is 0 Å². The third kappa shape index (κ3) is 4.81. The first-order valence-corrected chi connectivity index (χ1v) is 12.3. The van der Waals surface area contributed by atoms with Gasteiger partial charge in [-0.25, -0.2) is 8.42 Å². The van der Waals surface area contributed by atoms with Crippen molar-refractivity contribution >= 4 is 39.1 Å². The number of hydrogen-bond acceptors (Lipinski definition) is 5. The average Bonchev–Trinajstić information content (AvgIpc) is 3.24. The van der Waals surface area contributed by atoms with Gasteiger partial charge in [0.25, 0.3) is 21.7 Å². The molecule has 0 atom stereocenters. The Hall–Kier alpha value is -3.11. The zero-order valence-electron chi connectivity index (χ0n) is 17.5. The van der Waals surface area contributed by atoms with E-state index < -0.39 is 21.7 Å². The quantitative estimate of drug-likeness (QED) is 0.471. The number of amides is 1.